The highest BCUT2D eigenvalue weighted by Crippen LogP contribution is 2.60. The van der Waals surface area contributed by atoms with Crippen molar-refractivity contribution in [2.24, 2.45) is 23.2 Å². The molecule has 0 aromatic carbocycles. The highest BCUT2D eigenvalue weighted by Gasteiger charge is 2.54. The number of pyridine rings is 1. The summed E-state index contributed by atoms with van der Waals surface area (Å²) in [7, 11) is 0. The first-order chi connectivity index (χ1) is 12.2. The topological polar surface area (TPSA) is 54.9 Å². The Morgan fingerprint density at radius 1 is 1.20 bits per heavy atom. The van der Waals surface area contributed by atoms with E-state index in [1.54, 1.807) is 17.5 Å². The lowest BCUT2D eigenvalue weighted by atomic mass is 9.49. The minimum absolute atomic E-state index is 0.0712. The molecule has 0 radical (unpaired) electrons. The summed E-state index contributed by atoms with van der Waals surface area (Å²) in [5, 5.41) is 6.23. The van der Waals surface area contributed by atoms with Crippen molar-refractivity contribution in [3.8, 4) is 11.3 Å². The number of carbonyl (C=O) groups is 1. The average Bonchev–Trinajstić information content (AvgIpc) is 3.08. The monoisotopic (exact) mass is 353 g/mol. The van der Waals surface area contributed by atoms with Gasteiger partial charge in [0.25, 0.3) is 0 Å². The van der Waals surface area contributed by atoms with Crippen LogP contribution in [0.3, 0.4) is 0 Å². The molecule has 4 aliphatic rings. The fourth-order valence-corrected chi connectivity index (χ4v) is 6.51. The van der Waals surface area contributed by atoms with Crippen LogP contribution < -0.4 is 5.32 Å². The highest BCUT2D eigenvalue weighted by molar-refractivity contribution is 7.09. The maximum Gasteiger partial charge on any atom is 0.226 e. The zero-order valence-electron chi connectivity index (χ0n) is 14.3. The Hall–Kier alpha value is -1.75. The Kier molecular flexibility index (Phi) is 3.66. The van der Waals surface area contributed by atoms with Gasteiger partial charge in [-0.3, -0.25) is 9.78 Å². The van der Waals surface area contributed by atoms with E-state index >= 15 is 0 Å². The van der Waals surface area contributed by atoms with E-state index in [-0.39, 0.29) is 11.3 Å². The van der Waals surface area contributed by atoms with Gasteiger partial charge >= 0.3 is 0 Å². The number of amides is 1. The van der Waals surface area contributed by atoms with Crippen molar-refractivity contribution >= 4 is 17.2 Å². The summed E-state index contributed by atoms with van der Waals surface area (Å²) >= 11 is 1.61. The number of rotatable bonds is 4. The van der Waals surface area contributed by atoms with E-state index in [1.165, 1.54) is 19.3 Å². The molecule has 1 N–H and O–H groups in total. The normalized spacial score (nSPS) is 32.7. The van der Waals surface area contributed by atoms with E-state index in [4.69, 9.17) is 0 Å². The van der Waals surface area contributed by atoms with Crippen LogP contribution >= 0.6 is 11.3 Å². The number of thiazole rings is 1. The third kappa shape index (κ3) is 2.78. The first-order valence-corrected chi connectivity index (χ1v) is 10.2. The van der Waals surface area contributed by atoms with Gasteiger partial charge in [0.2, 0.25) is 5.91 Å². The van der Waals surface area contributed by atoms with Crippen molar-refractivity contribution in [3.05, 3.63) is 34.9 Å². The minimum Gasteiger partial charge on any atom is -0.349 e. The van der Waals surface area contributed by atoms with Gasteiger partial charge in [0, 0.05) is 28.8 Å². The Bertz CT molecular complexity index is 750. The number of hydrogen-bond donors (Lipinski definition) is 1. The van der Waals surface area contributed by atoms with Crippen LogP contribution in [-0.4, -0.2) is 15.9 Å². The lowest BCUT2D eigenvalue weighted by Gasteiger charge is -2.55. The van der Waals surface area contributed by atoms with Crippen molar-refractivity contribution in [2.75, 3.05) is 0 Å². The van der Waals surface area contributed by atoms with Crippen molar-refractivity contribution in [2.45, 2.75) is 45.1 Å². The lowest BCUT2D eigenvalue weighted by Crippen LogP contribution is -2.53. The molecule has 2 aromatic rings. The number of aromatic nitrogens is 2. The van der Waals surface area contributed by atoms with Crippen molar-refractivity contribution < 1.29 is 4.79 Å². The maximum absolute atomic E-state index is 13.0. The van der Waals surface area contributed by atoms with Gasteiger partial charge in [-0.2, -0.15) is 0 Å². The van der Waals surface area contributed by atoms with Gasteiger partial charge in [0.05, 0.1) is 12.2 Å². The van der Waals surface area contributed by atoms with Gasteiger partial charge in [-0.15, -0.1) is 11.3 Å². The number of carbonyl (C=O) groups excluding carboxylic acids is 1. The van der Waals surface area contributed by atoms with Crippen molar-refractivity contribution in [1.82, 2.24) is 15.3 Å². The predicted octanol–water partition coefficient (Wildman–Crippen LogP) is 4.04. The van der Waals surface area contributed by atoms with Crippen LogP contribution in [0.5, 0.6) is 0 Å². The van der Waals surface area contributed by atoms with Crippen molar-refractivity contribution in [1.29, 1.82) is 0 Å². The largest absolute Gasteiger partial charge is 0.349 e. The Morgan fingerprint density at radius 2 is 1.92 bits per heavy atom. The molecule has 130 valence electrons. The zero-order chi connectivity index (χ0) is 16.9. The second kappa shape index (κ2) is 5.90. The van der Waals surface area contributed by atoms with Crippen LogP contribution in [0, 0.1) is 23.2 Å². The van der Waals surface area contributed by atoms with Gasteiger partial charge in [-0.1, -0.05) is 0 Å². The number of nitrogens with one attached hydrogen (secondary N) is 1. The smallest absolute Gasteiger partial charge is 0.226 e. The molecule has 0 atom stereocenters. The van der Waals surface area contributed by atoms with E-state index < -0.39 is 0 Å². The molecule has 5 heteroatoms. The molecule has 0 unspecified atom stereocenters. The molecule has 4 bridgehead atoms. The van der Waals surface area contributed by atoms with Crippen LogP contribution in [0.4, 0.5) is 0 Å². The second-order valence-electron chi connectivity index (χ2n) is 8.25. The SMILES string of the molecule is O=C(NCc1nc(-c2cccnc2)cs1)C12CC3CC(CC(C3)C1)C2. The summed E-state index contributed by atoms with van der Waals surface area (Å²) in [6.45, 7) is 0.547. The summed E-state index contributed by atoms with van der Waals surface area (Å²) in [5.74, 6) is 2.68. The molecule has 4 fully saturated rings. The van der Waals surface area contributed by atoms with Gasteiger partial charge in [-0.05, 0) is 68.4 Å². The fourth-order valence-electron chi connectivity index (χ4n) is 5.77. The van der Waals surface area contributed by atoms with Crippen molar-refractivity contribution in [3.63, 3.8) is 0 Å². The molecule has 0 spiro atoms. The summed E-state index contributed by atoms with van der Waals surface area (Å²) < 4.78 is 0. The number of nitrogens with zero attached hydrogens (tertiary/aromatic N) is 2. The molecule has 1 amide bonds. The minimum atomic E-state index is -0.0712. The van der Waals surface area contributed by atoms with E-state index in [2.05, 4.69) is 15.3 Å². The third-order valence-corrected chi connectivity index (χ3v) is 7.28. The molecule has 4 nitrogen and oxygen atoms in total. The molecular weight excluding hydrogens is 330 g/mol. The fraction of sp³-hybridized carbons (Fsp3) is 0.550. The predicted molar refractivity (Wildman–Crippen MR) is 97.8 cm³/mol. The van der Waals surface area contributed by atoms with Crippen LogP contribution in [0.1, 0.15) is 43.5 Å². The second-order valence-corrected chi connectivity index (χ2v) is 9.19. The molecule has 6 rings (SSSR count). The van der Waals surface area contributed by atoms with Crippen LogP contribution in [0.2, 0.25) is 0 Å². The van der Waals surface area contributed by atoms with Gasteiger partial charge in [0.15, 0.2) is 0 Å². The molecule has 4 aliphatic carbocycles. The van der Waals surface area contributed by atoms with E-state index in [9.17, 15) is 4.79 Å². The molecule has 2 aromatic heterocycles. The quantitative estimate of drug-likeness (QED) is 0.902. The Morgan fingerprint density at radius 3 is 2.56 bits per heavy atom. The molecular formula is C20H23N3OS. The zero-order valence-corrected chi connectivity index (χ0v) is 15.1. The molecule has 2 heterocycles. The lowest BCUT2D eigenvalue weighted by molar-refractivity contribution is -0.146. The van der Waals surface area contributed by atoms with Gasteiger partial charge in [-0.25, -0.2) is 4.98 Å². The van der Waals surface area contributed by atoms with E-state index in [1.807, 2.05) is 23.7 Å². The van der Waals surface area contributed by atoms with E-state index in [0.29, 0.717) is 6.54 Å². The van der Waals surface area contributed by atoms with Crippen LogP contribution in [0.25, 0.3) is 11.3 Å². The summed E-state index contributed by atoms with van der Waals surface area (Å²) in [6, 6.07) is 3.93. The van der Waals surface area contributed by atoms with Crippen LogP contribution in [-0.2, 0) is 11.3 Å². The summed E-state index contributed by atoms with van der Waals surface area (Å²) in [5.41, 5.74) is 1.90. The Balaban J connectivity index is 1.26. The summed E-state index contributed by atoms with van der Waals surface area (Å²) in [4.78, 5) is 21.8. The first kappa shape index (κ1) is 15.5. The highest BCUT2D eigenvalue weighted by atomic mass is 32.1. The van der Waals surface area contributed by atoms with Gasteiger partial charge < -0.3 is 5.32 Å². The molecule has 25 heavy (non-hydrogen) atoms. The summed E-state index contributed by atoms with van der Waals surface area (Å²) in [6.07, 6.45) is 11.0. The maximum atomic E-state index is 13.0. The van der Waals surface area contributed by atoms with E-state index in [0.717, 1.165) is 53.3 Å². The molecule has 0 saturated heterocycles. The standard InChI is InChI=1S/C20H23N3OS/c24-19(20-7-13-4-14(8-20)6-15(5-13)9-20)22-11-18-23-17(12-25-18)16-2-1-3-21-10-16/h1-3,10,12-15H,4-9,11H2,(H,22,24). The Labute approximate surface area is 152 Å². The third-order valence-electron chi connectivity index (χ3n) is 6.43. The molecule has 0 aliphatic heterocycles. The van der Waals surface area contributed by atoms with Gasteiger partial charge in [0.1, 0.15) is 5.01 Å². The van der Waals surface area contributed by atoms with Crippen LogP contribution in [0.15, 0.2) is 29.9 Å². The first-order valence-electron chi connectivity index (χ1n) is 9.33. The average molecular weight is 353 g/mol. The number of hydrogen-bond acceptors (Lipinski definition) is 4. The molecule has 4 saturated carbocycles.